The van der Waals surface area contributed by atoms with Gasteiger partial charge in [-0.05, 0) is 24.3 Å². The van der Waals surface area contributed by atoms with Crippen LogP contribution in [0.5, 0.6) is 23.0 Å². The normalized spacial score (nSPS) is 25.7. The van der Waals surface area contributed by atoms with E-state index in [1.165, 1.54) is 24.3 Å². The Balaban J connectivity index is 1.63. The third kappa shape index (κ3) is 3.72. The number of ether oxygens (including phenoxy) is 2. The van der Waals surface area contributed by atoms with Gasteiger partial charge in [0, 0.05) is 17.7 Å². The zero-order valence-electron chi connectivity index (χ0n) is 16.3. The molecule has 5 atom stereocenters. The number of phenolic OH excluding ortho intramolecular Hbond substituents is 2. The highest BCUT2D eigenvalue weighted by molar-refractivity contribution is 5.88. The minimum atomic E-state index is -1.60. The molecule has 32 heavy (non-hydrogen) atoms. The number of fused-ring (bicyclic) bond motifs is 1. The lowest BCUT2D eigenvalue weighted by Crippen LogP contribution is -2.60. The molecule has 0 aliphatic carbocycles. The predicted molar refractivity (Wildman–Crippen MR) is 107 cm³/mol. The molecule has 1 saturated heterocycles. The molecule has 0 radical (unpaired) electrons. The minimum Gasteiger partial charge on any atom is -0.508 e. The van der Waals surface area contributed by atoms with Gasteiger partial charge in [0.15, 0.2) is 5.76 Å². The lowest BCUT2D eigenvalue weighted by atomic mass is 9.99. The van der Waals surface area contributed by atoms with Gasteiger partial charge in [-0.2, -0.15) is 0 Å². The van der Waals surface area contributed by atoms with E-state index in [-0.39, 0.29) is 33.8 Å². The van der Waals surface area contributed by atoms with E-state index in [9.17, 15) is 40.5 Å². The van der Waals surface area contributed by atoms with Crippen LogP contribution in [0, 0.1) is 0 Å². The molecule has 1 aliphatic heterocycles. The summed E-state index contributed by atoms with van der Waals surface area (Å²) in [6, 6.07) is 7.72. The van der Waals surface area contributed by atoms with Gasteiger partial charge < -0.3 is 49.6 Å². The summed E-state index contributed by atoms with van der Waals surface area (Å²) in [6.07, 6.45) is -7.21. The summed E-state index contributed by atoms with van der Waals surface area (Å²) in [5.41, 5.74) is -0.771. The van der Waals surface area contributed by atoms with Gasteiger partial charge >= 0.3 is 0 Å². The summed E-state index contributed by atoms with van der Waals surface area (Å²) >= 11 is 0. The summed E-state index contributed by atoms with van der Waals surface area (Å²) < 4.78 is 16.3. The van der Waals surface area contributed by atoms with Crippen molar-refractivity contribution in [2.45, 2.75) is 30.7 Å². The highest BCUT2D eigenvalue weighted by atomic mass is 16.7. The minimum absolute atomic E-state index is 0.137. The van der Waals surface area contributed by atoms with Crippen molar-refractivity contribution in [3.8, 4) is 34.3 Å². The second-order valence-corrected chi connectivity index (χ2v) is 7.29. The van der Waals surface area contributed by atoms with E-state index in [1.54, 1.807) is 0 Å². The van der Waals surface area contributed by atoms with Crippen molar-refractivity contribution in [1.29, 1.82) is 0 Å². The largest absolute Gasteiger partial charge is 0.508 e. The van der Waals surface area contributed by atoms with Gasteiger partial charge in [0.25, 0.3) is 0 Å². The quantitative estimate of drug-likeness (QED) is 0.279. The van der Waals surface area contributed by atoms with Crippen LogP contribution in [-0.2, 0) is 4.74 Å². The van der Waals surface area contributed by atoms with Crippen LogP contribution in [0.2, 0.25) is 0 Å². The first kappa shape index (κ1) is 21.9. The fourth-order valence-corrected chi connectivity index (χ4v) is 3.45. The van der Waals surface area contributed by atoms with Crippen LogP contribution in [-0.4, -0.2) is 73.1 Å². The number of hydrogen-bond acceptors (Lipinski definition) is 11. The third-order valence-corrected chi connectivity index (χ3v) is 5.15. The second-order valence-electron chi connectivity index (χ2n) is 7.29. The topological polar surface area (TPSA) is 190 Å². The third-order valence-electron chi connectivity index (χ3n) is 5.15. The zero-order chi connectivity index (χ0) is 23.2. The Morgan fingerprint density at radius 1 is 0.938 bits per heavy atom. The molecule has 1 aliphatic rings. The first-order valence-electron chi connectivity index (χ1n) is 9.50. The average Bonchev–Trinajstić information content (AvgIpc) is 2.76. The molecule has 4 rings (SSSR count). The van der Waals surface area contributed by atoms with E-state index >= 15 is 0 Å². The van der Waals surface area contributed by atoms with Crippen molar-refractivity contribution in [1.82, 2.24) is 0 Å². The number of hydrogen-bond donors (Lipinski definition) is 7. The first-order chi connectivity index (χ1) is 15.2. The Bertz CT molecular complexity index is 1190. The SMILES string of the molecule is O=c1c(O)c(-c2ccc(O[C@H]3O[C@H](CO)[C@@H](O)[C@H](O)[C@H]3O)cc2)oc2cc(O)cc(O)c12. The van der Waals surface area contributed by atoms with Crippen LogP contribution in [0.4, 0.5) is 0 Å². The van der Waals surface area contributed by atoms with Crippen LogP contribution in [0.15, 0.2) is 45.6 Å². The molecule has 0 spiro atoms. The number of benzene rings is 2. The standard InChI is InChI=1S/C21H20O11/c22-7-13-15(25)17(27)19(29)21(32-13)30-10-3-1-8(2-4-10)20-18(28)16(26)14-11(24)5-9(23)6-12(14)31-20/h1-6,13,15,17,19,21-25,27-29H,7H2/t13-,15-,17+,19-,21+/m1/s1. The summed E-state index contributed by atoms with van der Waals surface area (Å²) in [6.45, 7) is -0.602. The average molecular weight is 448 g/mol. The Morgan fingerprint density at radius 3 is 2.28 bits per heavy atom. The van der Waals surface area contributed by atoms with E-state index in [0.29, 0.717) is 0 Å². The lowest BCUT2D eigenvalue weighted by Gasteiger charge is -2.39. The van der Waals surface area contributed by atoms with E-state index in [1.807, 2.05) is 0 Å². The molecule has 2 heterocycles. The van der Waals surface area contributed by atoms with Crippen molar-refractivity contribution < 1.29 is 49.6 Å². The molecule has 1 fully saturated rings. The van der Waals surface area contributed by atoms with Crippen LogP contribution in [0.3, 0.4) is 0 Å². The summed E-state index contributed by atoms with van der Waals surface area (Å²) in [4.78, 5) is 12.5. The molecule has 170 valence electrons. The molecule has 1 aromatic heterocycles. The molecule has 7 N–H and O–H groups in total. The van der Waals surface area contributed by atoms with Crippen LogP contribution < -0.4 is 10.2 Å². The van der Waals surface area contributed by atoms with Crippen molar-refractivity contribution in [3.63, 3.8) is 0 Å². The number of phenols is 2. The highest BCUT2D eigenvalue weighted by Gasteiger charge is 2.44. The summed E-state index contributed by atoms with van der Waals surface area (Å²) in [5, 5.41) is 68.5. The number of aromatic hydroxyl groups is 3. The Morgan fingerprint density at radius 2 is 1.62 bits per heavy atom. The maximum atomic E-state index is 12.5. The maximum Gasteiger partial charge on any atom is 0.238 e. The fraction of sp³-hybridized carbons (Fsp3) is 0.286. The summed E-state index contributed by atoms with van der Waals surface area (Å²) in [7, 11) is 0. The van der Waals surface area contributed by atoms with Crippen molar-refractivity contribution >= 4 is 11.0 Å². The van der Waals surface area contributed by atoms with Crippen molar-refractivity contribution in [3.05, 3.63) is 46.6 Å². The van der Waals surface area contributed by atoms with E-state index in [4.69, 9.17) is 13.9 Å². The van der Waals surface area contributed by atoms with Crippen molar-refractivity contribution in [2.75, 3.05) is 6.61 Å². The van der Waals surface area contributed by atoms with Gasteiger partial charge in [-0.1, -0.05) is 0 Å². The Kier molecular flexibility index (Phi) is 5.67. The molecule has 0 saturated carbocycles. The molecule has 11 heteroatoms. The van der Waals surface area contributed by atoms with Gasteiger partial charge in [-0.3, -0.25) is 4.79 Å². The maximum absolute atomic E-state index is 12.5. The molecule has 3 aromatic rings. The lowest BCUT2D eigenvalue weighted by molar-refractivity contribution is -0.277. The van der Waals surface area contributed by atoms with Gasteiger partial charge in [0.2, 0.25) is 17.5 Å². The Hall–Kier alpha value is -3.35. The van der Waals surface area contributed by atoms with Gasteiger partial charge in [0.1, 0.15) is 52.6 Å². The molecule has 0 unspecified atom stereocenters. The first-order valence-corrected chi connectivity index (χ1v) is 9.50. The van der Waals surface area contributed by atoms with E-state index < -0.39 is 54.2 Å². The molecule has 11 nitrogen and oxygen atoms in total. The summed E-state index contributed by atoms with van der Waals surface area (Å²) in [5.74, 6) is -1.68. The van der Waals surface area contributed by atoms with Crippen molar-refractivity contribution in [2.24, 2.45) is 0 Å². The van der Waals surface area contributed by atoms with Gasteiger partial charge in [-0.25, -0.2) is 0 Å². The second kappa shape index (κ2) is 8.30. The van der Waals surface area contributed by atoms with E-state index in [0.717, 1.165) is 12.1 Å². The molecular weight excluding hydrogens is 428 g/mol. The number of rotatable bonds is 4. The highest BCUT2D eigenvalue weighted by Crippen LogP contribution is 2.35. The van der Waals surface area contributed by atoms with Crippen LogP contribution in [0.25, 0.3) is 22.3 Å². The zero-order valence-corrected chi connectivity index (χ0v) is 16.3. The van der Waals surface area contributed by atoms with Gasteiger partial charge in [-0.15, -0.1) is 0 Å². The van der Waals surface area contributed by atoms with Gasteiger partial charge in [0.05, 0.1) is 6.61 Å². The molecule has 0 amide bonds. The number of aliphatic hydroxyl groups excluding tert-OH is 4. The van der Waals surface area contributed by atoms with Crippen LogP contribution >= 0.6 is 0 Å². The Labute approximate surface area is 179 Å². The predicted octanol–water partition coefficient (Wildman–Crippen LogP) is -0.245. The fourth-order valence-electron chi connectivity index (χ4n) is 3.45. The smallest absolute Gasteiger partial charge is 0.238 e. The van der Waals surface area contributed by atoms with Crippen LogP contribution in [0.1, 0.15) is 0 Å². The van der Waals surface area contributed by atoms with E-state index in [2.05, 4.69) is 0 Å². The molecule has 0 bridgehead atoms. The molecular formula is C21H20O11. The monoisotopic (exact) mass is 448 g/mol. The molecule has 2 aromatic carbocycles. The number of aliphatic hydroxyl groups is 4.